The molecule has 2 nitrogen and oxygen atoms in total. The Bertz CT molecular complexity index is 4310. The molecule has 2 heteroatoms. The van der Waals surface area contributed by atoms with Gasteiger partial charge in [0.1, 0.15) is 0 Å². The van der Waals surface area contributed by atoms with Crippen molar-refractivity contribution >= 4 is 38.9 Å². The Labute approximate surface area is 468 Å². The first-order valence-corrected chi connectivity index (χ1v) is 27.5. The van der Waals surface area contributed by atoms with Crippen LogP contribution in [-0.2, 0) is 0 Å². The first kappa shape index (κ1) is 47.9. The number of fused-ring (bicyclic) bond motifs is 3. The van der Waals surface area contributed by atoms with Gasteiger partial charge in [-0.1, -0.05) is 237 Å². The molecule has 376 valence electrons. The molecule has 14 rings (SSSR count). The Balaban J connectivity index is 0.793. The predicted octanol–water partition coefficient (Wildman–Crippen LogP) is 21.6. The number of benzene rings is 13. The Morgan fingerprint density at radius 1 is 0.175 bits per heavy atom. The quantitative estimate of drug-likeness (QED) is 0.118. The molecule has 0 unspecified atom stereocenters. The summed E-state index contributed by atoms with van der Waals surface area (Å²) in [6.45, 7) is 0. The summed E-state index contributed by atoms with van der Waals surface area (Å²) in [5.41, 5.74) is 25.8. The standard InChI is InChI=1S/C78H54N2/c1-4-17-55(18-5-1)60-21-12-26-65(49-60)67-28-14-23-62(51-67)57-35-42-72(43-36-57)79(73-44-37-58(38-45-73)63-24-15-29-68(52-63)66-27-13-22-61(50-66)56-19-6-2-7-20-56)74-46-39-59(40-47-74)64-25-16-30-69(53-64)70-41-48-76-75-33-10-11-34-77(75)80(78(76)54-70)71-31-8-3-9-32-71/h1-54H. The highest BCUT2D eigenvalue weighted by atomic mass is 15.1. The Morgan fingerprint density at radius 2 is 0.438 bits per heavy atom. The van der Waals surface area contributed by atoms with Crippen LogP contribution in [0, 0.1) is 0 Å². The minimum Gasteiger partial charge on any atom is -0.311 e. The normalized spacial score (nSPS) is 11.2. The van der Waals surface area contributed by atoms with Crippen LogP contribution in [0.25, 0.3) is 117 Å². The summed E-state index contributed by atoms with van der Waals surface area (Å²) in [5.74, 6) is 0. The molecule has 0 spiro atoms. The zero-order valence-corrected chi connectivity index (χ0v) is 44.1. The van der Waals surface area contributed by atoms with Crippen LogP contribution < -0.4 is 4.90 Å². The van der Waals surface area contributed by atoms with Crippen LogP contribution in [0.1, 0.15) is 0 Å². The van der Waals surface area contributed by atoms with Crippen molar-refractivity contribution in [3.05, 3.63) is 328 Å². The van der Waals surface area contributed by atoms with Crippen LogP contribution in [0.2, 0.25) is 0 Å². The number of hydrogen-bond acceptors (Lipinski definition) is 1. The second-order valence-electron chi connectivity index (χ2n) is 20.5. The van der Waals surface area contributed by atoms with Crippen molar-refractivity contribution in [1.82, 2.24) is 4.57 Å². The average Bonchev–Trinajstić information content (AvgIpc) is 3.92. The number of anilines is 3. The van der Waals surface area contributed by atoms with E-state index in [9.17, 15) is 0 Å². The molecule has 0 amide bonds. The lowest BCUT2D eigenvalue weighted by Gasteiger charge is -2.26. The molecule has 1 aromatic heterocycles. The summed E-state index contributed by atoms with van der Waals surface area (Å²) in [6.07, 6.45) is 0. The van der Waals surface area contributed by atoms with Crippen molar-refractivity contribution in [3.8, 4) is 94.7 Å². The lowest BCUT2D eigenvalue weighted by molar-refractivity contribution is 1.18. The van der Waals surface area contributed by atoms with Crippen molar-refractivity contribution in [1.29, 1.82) is 0 Å². The van der Waals surface area contributed by atoms with Gasteiger partial charge in [0.15, 0.2) is 0 Å². The fraction of sp³-hybridized carbons (Fsp3) is 0. The molecule has 14 aromatic rings. The van der Waals surface area contributed by atoms with Gasteiger partial charge in [0.05, 0.1) is 11.0 Å². The predicted molar refractivity (Wildman–Crippen MR) is 339 cm³/mol. The monoisotopic (exact) mass is 1020 g/mol. The largest absolute Gasteiger partial charge is 0.311 e. The molecule has 0 atom stereocenters. The molecule has 0 aliphatic rings. The van der Waals surface area contributed by atoms with Crippen molar-refractivity contribution in [2.24, 2.45) is 0 Å². The van der Waals surface area contributed by atoms with E-state index in [1.165, 1.54) is 94.1 Å². The van der Waals surface area contributed by atoms with Crippen LogP contribution in [0.4, 0.5) is 17.1 Å². The van der Waals surface area contributed by atoms with Gasteiger partial charge >= 0.3 is 0 Å². The lowest BCUT2D eigenvalue weighted by Crippen LogP contribution is -2.09. The van der Waals surface area contributed by atoms with Gasteiger partial charge in [0, 0.05) is 33.5 Å². The smallest absolute Gasteiger partial charge is 0.0547 e. The van der Waals surface area contributed by atoms with Gasteiger partial charge < -0.3 is 9.47 Å². The zero-order valence-electron chi connectivity index (χ0n) is 44.1. The number of rotatable bonds is 12. The minimum atomic E-state index is 1.07. The fourth-order valence-electron chi connectivity index (χ4n) is 11.5. The molecule has 0 saturated heterocycles. The number of nitrogens with zero attached hydrogens (tertiary/aromatic N) is 2. The number of hydrogen-bond donors (Lipinski definition) is 0. The van der Waals surface area contributed by atoms with E-state index in [4.69, 9.17) is 0 Å². The van der Waals surface area contributed by atoms with Gasteiger partial charge in [-0.3, -0.25) is 0 Å². The van der Waals surface area contributed by atoms with E-state index < -0.39 is 0 Å². The minimum absolute atomic E-state index is 1.07. The third-order valence-electron chi connectivity index (χ3n) is 15.6. The molecule has 0 radical (unpaired) electrons. The van der Waals surface area contributed by atoms with E-state index in [0.717, 1.165) is 39.4 Å². The Kier molecular flexibility index (Phi) is 12.6. The van der Waals surface area contributed by atoms with Crippen molar-refractivity contribution in [2.75, 3.05) is 4.90 Å². The topological polar surface area (TPSA) is 8.17 Å². The molecule has 0 N–H and O–H groups in total. The van der Waals surface area contributed by atoms with Crippen LogP contribution in [-0.4, -0.2) is 4.57 Å². The van der Waals surface area contributed by atoms with E-state index in [0.29, 0.717) is 0 Å². The lowest BCUT2D eigenvalue weighted by atomic mass is 9.96. The maximum atomic E-state index is 2.39. The first-order valence-electron chi connectivity index (χ1n) is 27.5. The van der Waals surface area contributed by atoms with Crippen LogP contribution in [0.15, 0.2) is 328 Å². The van der Waals surface area contributed by atoms with Gasteiger partial charge in [-0.2, -0.15) is 0 Å². The third kappa shape index (κ3) is 9.46. The maximum Gasteiger partial charge on any atom is 0.0547 e. The highest BCUT2D eigenvalue weighted by Gasteiger charge is 2.17. The van der Waals surface area contributed by atoms with Gasteiger partial charge in [-0.15, -0.1) is 0 Å². The van der Waals surface area contributed by atoms with Crippen LogP contribution >= 0.6 is 0 Å². The molecule has 1 heterocycles. The van der Waals surface area contributed by atoms with E-state index >= 15 is 0 Å². The van der Waals surface area contributed by atoms with Gasteiger partial charge in [0.25, 0.3) is 0 Å². The van der Waals surface area contributed by atoms with E-state index in [1.807, 2.05) is 0 Å². The number of aromatic nitrogens is 1. The molecular formula is C78H54N2. The van der Waals surface area contributed by atoms with Crippen molar-refractivity contribution in [3.63, 3.8) is 0 Å². The van der Waals surface area contributed by atoms with Gasteiger partial charge in [-0.05, 0) is 180 Å². The average molecular weight is 1020 g/mol. The van der Waals surface area contributed by atoms with E-state index in [-0.39, 0.29) is 0 Å². The molecule has 0 fully saturated rings. The second kappa shape index (κ2) is 21.1. The fourth-order valence-corrected chi connectivity index (χ4v) is 11.5. The summed E-state index contributed by atoms with van der Waals surface area (Å²) in [6, 6.07) is 119. The Morgan fingerprint density at radius 3 is 0.812 bits per heavy atom. The van der Waals surface area contributed by atoms with Gasteiger partial charge in [0.2, 0.25) is 0 Å². The van der Waals surface area contributed by atoms with Gasteiger partial charge in [-0.25, -0.2) is 0 Å². The maximum absolute atomic E-state index is 2.39. The first-order chi connectivity index (χ1) is 39.6. The third-order valence-corrected chi connectivity index (χ3v) is 15.6. The summed E-state index contributed by atoms with van der Waals surface area (Å²) in [5, 5.41) is 2.50. The summed E-state index contributed by atoms with van der Waals surface area (Å²) in [7, 11) is 0. The summed E-state index contributed by atoms with van der Waals surface area (Å²) < 4.78 is 2.39. The number of para-hydroxylation sites is 2. The van der Waals surface area contributed by atoms with Crippen molar-refractivity contribution in [2.45, 2.75) is 0 Å². The highest BCUT2D eigenvalue weighted by Crippen LogP contribution is 2.41. The molecule has 0 saturated carbocycles. The summed E-state index contributed by atoms with van der Waals surface area (Å²) >= 11 is 0. The molecule has 0 bridgehead atoms. The molecule has 80 heavy (non-hydrogen) atoms. The van der Waals surface area contributed by atoms with E-state index in [1.54, 1.807) is 0 Å². The summed E-state index contributed by atoms with van der Waals surface area (Å²) in [4.78, 5) is 2.37. The molecular weight excluding hydrogens is 965 g/mol. The zero-order chi connectivity index (χ0) is 53.2. The molecule has 13 aromatic carbocycles. The Hall–Kier alpha value is -10.5. The van der Waals surface area contributed by atoms with Crippen LogP contribution in [0.3, 0.4) is 0 Å². The van der Waals surface area contributed by atoms with Crippen molar-refractivity contribution < 1.29 is 0 Å². The highest BCUT2D eigenvalue weighted by molar-refractivity contribution is 6.10. The SMILES string of the molecule is c1ccc(-c2cccc(-c3cccc(-c4ccc(N(c5ccc(-c6cccc(-c7cccc(-c8ccccc8)c7)c6)cc5)c5ccc(-c6cccc(-c7ccc8c9ccccc9n(-c9ccccc9)c8c7)c6)cc5)cc4)c3)c2)cc1. The van der Waals surface area contributed by atoms with E-state index in [2.05, 4.69) is 337 Å². The molecule has 0 aliphatic heterocycles. The molecule has 0 aliphatic carbocycles. The van der Waals surface area contributed by atoms with Crippen LogP contribution in [0.5, 0.6) is 0 Å². The second-order valence-corrected chi connectivity index (χ2v) is 20.5.